The van der Waals surface area contributed by atoms with Crippen LogP contribution in [0.25, 0.3) is 0 Å². The lowest BCUT2D eigenvalue weighted by Crippen LogP contribution is -2.60. The molecular formula is C46H77N7O7S. The van der Waals surface area contributed by atoms with Crippen molar-refractivity contribution in [1.29, 1.82) is 0 Å². The number of hydrogen-bond donors (Lipinski definition) is 3. The van der Waals surface area contributed by atoms with Gasteiger partial charge in [-0.1, -0.05) is 85.2 Å². The number of nitrogens with zero attached hydrogens (tertiary/aromatic N) is 4. The number of amides is 4. The van der Waals surface area contributed by atoms with E-state index in [0.29, 0.717) is 39.1 Å². The van der Waals surface area contributed by atoms with Crippen LogP contribution in [0.5, 0.6) is 0 Å². The van der Waals surface area contributed by atoms with Gasteiger partial charge in [-0.25, -0.2) is 4.98 Å². The van der Waals surface area contributed by atoms with E-state index in [2.05, 4.69) is 34.8 Å². The average molecular weight is 872 g/mol. The smallest absolute Gasteiger partial charge is 0.245 e. The first-order valence-electron chi connectivity index (χ1n) is 22.2. The molecule has 14 nitrogen and oxygen atoms in total. The van der Waals surface area contributed by atoms with Crippen LogP contribution in [0.15, 0.2) is 41.9 Å². The molecule has 1 aromatic heterocycles. The van der Waals surface area contributed by atoms with E-state index in [9.17, 15) is 19.2 Å². The van der Waals surface area contributed by atoms with Crippen LogP contribution in [-0.2, 0) is 39.8 Å². The third-order valence-electron chi connectivity index (χ3n) is 12.3. The van der Waals surface area contributed by atoms with Gasteiger partial charge in [-0.3, -0.25) is 24.1 Å². The molecule has 1 unspecified atom stereocenters. The van der Waals surface area contributed by atoms with Gasteiger partial charge in [0.05, 0.1) is 61.9 Å². The molecule has 344 valence electrons. The molecule has 15 heteroatoms. The largest absolute Gasteiger partial charge is 0.379 e. The van der Waals surface area contributed by atoms with Gasteiger partial charge in [-0.2, -0.15) is 0 Å². The molecule has 1 aromatic carbocycles. The average Bonchev–Trinajstić information content (AvgIpc) is 3.96. The molecule has 61 heavy (non-hydrogen) atoms. The molecule has 2 aromatic rings. The van der Waals surface area contributed by atoms with E-state index in [1.54, 1.807) is 32.4 Å². The zero-order valence-corrected chi connectivity index (χ0v) is 39.8. The molecule has 2 heterocycles. The Labute approximate surface area is 370 Å². The Morgan fingerprint density at radius 1 is 0.951 bits per heavy atom. The highest BCUT2D eigenvalue weighted by Gasteiger charge is 2.43. The summed E-state index contributed by atoms with van der Waals surface area (Å²) in [5.41, 5.74) is 1.09. The summed E-state index contributed by atoms with van der Waals surface area (Å²) in [5.74, 6) is -1.53. The Bertz CT molecular complexity index is 1600. The topological polar surface area (TPSA) is 155 Å². The summed E-state index contributed by atoms with van der Waals surface area (Å²) >= 11 is 1.51. The summed E-state index contributed by atoms with van der Waals surface area (Å²) in [7, 11) is 8.72. The predicted octanol–water partition coefficient (Wildman–Crippen LogP) is 4.80. The maximum atomic E-state index is 14.5. The number of thiazole rings is 1. The van der Waals surface area contributed by atoms with E-state index in [0.717, 1.165) is 30.0 Å². The molecule has 4 amide bonds. The number of methoxy groups -OCH3 is 2. The van der Waals surface area contributed by atoms with Crippen molar-refractivity contribution in [3.05, 3.63) is 52.5 Å². The Hall–Kier alpha value is -3.47. The Morgan fingerprint density at radius 2 is 1.66 bits per heavy atom. The molecule has 1 aliphatic rings. The number of likely N-dealkylation sites (tertiary alicyclic amines) is 1. The van der Waals surface area contributed by atoms with E-state index in [4.69, 9.17) is 14.2 Å². The maximum Gasteiger partial charge on any atom is 0.245 e. The maximum absolute atomic E-state index is 14.5. The summed E-state index contributed by atoms with van der Waals surface area (Å²) in [6.45, 7) is 16.8. The summed E-state index contributed by atoms with van der Waals surface area (Å²) in [6, 6.07) is 7.67. The highest BCUT2D eigenvalue weighted by atomic mass is 32.1. The predicted molar refractivity (Wildman–Crippen MR) is 242 cm³/mol. The summed E-state index contributed by atoms with van der Waals surface area (Å²) in [4.78, 5) is 66.9. The first kappa shape index (κ1) is 51.9. The minimum absolute atomic E-state index is 0.00993. The van der Waals surface area contributed by atoms with Gasteiger partial charge in [-0.05, 0) is 56.7 Å². The number of nitrogens with one attached hydrogen (secondary N) is 3. The summed E-state index contributed by atoms with van der Waals surface area (Å²) < 4.78 is 17.9. The van der Waals surface area contributed by atoms with Crippen LogP contribution in [0.3, 0.4) is 0 Å². The van der Waals surface area contributed by atoms with Crippen LogP contribution in [0, 0.1) is 23.7 Å². The molecule has 3 rings (SSSR count). The van der Waals surface area contributed by atoms with Gasteiger partial charge in [0.2, 0.25) is 23.6 Å². The molecule has 9 atom stereocenters. The minimum atomic E-state index is -0.792. The van der Waals surface area contributed by atoms with Gasteiger partial charge >= 0.3 is 0 Å². The van der Waals surface area contributed by atoms with Gasteiger partial charge in [0.15, 0.2) is 0 Å². The van der Waals surface area contributed by atoms with Crippen molar-refractivity contribution in [3.63, 3.8) is 0 Å². The molecule has 0 saturated carbocycles. The van der Waals surface area contributed by atoms with Crippen molar-refractivity contribution in [3.8, 4) is 0 Å². The normalized spacial score (nSPS) is 18.3. The van der Waals surface area contributed by atoms with Crippen molar-refractivity contribution < 1.29 is 33.4 Å². The lowest BCUT2D eigenvalue weighted by atomic mass is 9.89. The number of aromatic nitrogens is 1. The van der Waals surface area contributed by atoms with Gasteiger partial charge in [0, 0.05) is 52.5 Å². The Morgan fingerprint density at radius 3 is 2.23 bits per heavy atom. The van der Waals surface area contributed by atoms with Crippen LogP contribution in [0.1, 0.15) is 90.8 Å². The number of carbonyl (C=O) groups is 4. The van der Waals surface area contributed by atoms with Crippen molar-refractivity contribution in [1.82, 2.24) is 35.6 Å². The second kappa shape index (κ2) is 26.2. The number of carbonyl (C=O) groups excluding carboxylic acids is 4. The first-order valence-corrected chi connectivity index (χ1v) is 23.1. The minimum Gasteiger partial charge on any atom is -0.379 e. The van der Waals surface area contributed by atoms with Crippen LogP contribution < -0.4 is 16.0 Å². The molecule has 0 spiro atoms. The molecule has 0 radical (unpaired) electrons. The fraction of sp³-hybridized carbons (Fsp3) is 0.717. The van der Waals surface area contributed by atoms with E-state index in [1.807, 2.05) is 94.2 Å². The number of likely N-dealkylation sites (N-methyl/N-ethyl adjacent to an activating group) is 3. The molecule has 3 N–H and O–H groups in total. The lowest BCUT2D eigenvalue weighted by Gasteiger charge is -2.41. The van der Waals surface area contributed by atoms with Gasteiger partial charge in [0.25, 0.3) is 0 Å². The van der Waals surface area contributed by atoms with Crippen LogP contribution >= 0.6 is 11.3 Å². The second-order valence-corrected chi connectivity index (χ2v) is 18.3. The van der Waals surface area contributed by atoms with Gasteiger partial charge in [0.1, 0.15) is 11.0 Å². The van der Waals surface area contributed by atoms with E-state index in [1.165, 1.54) is 11.3 Å². The van der Waals surface area contributed by atoms with Crippen LogP contribution in [0.2, 0.25) is 0 Å². The van der Waals surface area contributed by atoms with Gasteiger partial charge < -0.3 is 40.0 Å². The molecule has 1 fully saturated rings. The standard InChI is InChI=1S/C46H77N7O7S/c1-13-32(6)41(52(10)46(57)39(30(2)3)50-44(56)40(31(4)5)51(9)24-26-60-25-21-47-8)37(58-11)29-38(54)53-23-17-20-36(53)42(59-12)33(7)43(55)49-35(45-48-22-27-61-45)28-34-18-15-14-16-19-34/h14-16,18-19,22,27,30-33,35-37,39-42,47H,13,17,20-21,23-26,28-29H2,1-12H3,(H,49,55)(H,50,56)/t32-,33+,35-,36?,37+,39-,40-,41-,42+/m0/s1. The molecule has 0 aliphatic carbocycles. The third kappa shape index (κ3) is 14.8. The molecule has 0 bridgehead atoms. The number of rotatable bonds is 27. The molecule has 1 aliphatic heterocycles. The summed E-state index contributed by atoms with van der Waals surface area (Å²) in [5, 5.41) is 12.1. The number of ether oxygens (including phenoxy) is 3. The number of hydrogen-bond acceptors (Lipinski definition) is 11. The van der Waals surface area contributed by atoms with Crippen molar-refractivity contribution >= 4 is 35.0 Å². The Balaban J connectivity index is 1.76. The molecule has 1 saturated heterocycles. The highest BCUT2D eigenvalue weighted by Crippen LogP contribution is 2.30. The van der Waals surface area contributed by atoms with Crippen molar-refractivity contribution in [2.24, 2.45) is 23.7 Å². The van der Waals surface area contributed by atoms with Crippen molar-refractivity contribution in [2.75, 3.05) is 68.2 Å². The third-order valence-corrected chi connectivity index (χ3v) is 13.2. The first-order chi connectivity index (χ1) is 29.1. The van der Waals surface area contributed by atoms with E-state index < -0.39 is 36.3 Å². The fourth-order valence-electron chi connectivity index (χ4n) is 8.67. The van der Waals surface area contributed by atoms with Crippen LogP contribution in [-0.4, -0.2) is 148 Å². The number of benzene rings is 1. The quantitative estimate of drug-likeness (QED) is 0.107. The summed E-state index contributed by atoms with van der Waals surface area (Å²) in [6.07, 6.45) is 3.41. The van der Waals surface area contributed by atoms with Gasteiger partial charge in [-0.15, -0.1) is 11.3 Å². The Kier molecular flexibility index (Phi) is 22.3. The van der Waals surface area contributed by atoms with E-state index in [-0.39, 0.29) is 59.9 Å². The zero-order valence-electron chi connectivity index (χ0n) is 39.0. The zero-order chi connectivity index (χ0) is 45.2. The highest BCUT2D eigenvalue weighted by molar-refractivity contribution is 7.09. The van der Waals surface area contributed by atoms with Crippen molar-refractivity contribution in [2.45, 2.75) is 123 Å². The molecular weight excluding hydrogens is 795 g/mol. The van der Waals surface area contributed by atoms with E-state index >= 15 is 0 Å². The SMILES string of the molecule is CC[C@H](C)[C@@H]([C@@H](CC(=O)N1CCCC1[C@H](OC)[C@@H](C)C(=O)N[C@@H](Cc1ccccc1)c1nccs1)OC)N(C)C(=O)[C@@H](NC(=O)[C@H](C(C)C)N(C)CCOCCNC)C(C)C. The second-order valence-electron chi connectivity index (χ2n) is 17.3. The fourth-order valence-corrected chi connectivity index (χ4v) is 9.36. The lowest BCUT2D eigenvalue weighted by molar-refractivity contribution is -0.148. The monoisotopic (exact) mass is 872 g/mol. The van der Waals surface area contributed by atoms with Crippen LogP contribution in [0.4, 0.5) is 0 Å².